The molecule has 0 saturated heterocycles. The predicted octanol–water partition coefficient (Wildman–Crippen LogP) is 2.63. The molecule has 98 valence electrons. The third-order valence-corrected chi connectivity index (χ3v) is 3.60. The molecule has 1 fully saturated rings. The van der Waals surface area contributed by atoms with Gasteiger partial charge in [-0.25, -0.2) is 0 Å². The normalized spacial score (nSPS) is 22.2. The molecule has 0 aromatic carbocycles. The zero-order valence-electron chi connectivity index (χ0n) is 10.7. The van der Waals surface area contributed by atoms with E-state index < -0.39 is 5.54 Å². The lowest BCUT2D eigenvalue weighted by Crippen LogP contribution is -2.50. The van der Waals surface area contributed by atoms with Crippen LogP contribution in [-0.4, -0.2) is 18.1 Å². The van der Waals surface area contributed by atoms with Gasteiger partial charge in [0.1, 0.15) is 12.1 Å². The van der Waals surface area contributed by atoms with Crippen molar-refractivity contribution in [2.75, 3.05) is 6.61 Å². The van der Waals surface area contributed by atoms with Gasteiger partial charge in [-0.05, 0) is 24.8 Å². The lowest BCUT2D eigenvalue weighted by molar-refractivity contribution is -0.150. The highest BCUT2D eigenvalue weighted by Crippen LogP contribution is 2.27. The summed E-state index contributed by atoms with van der Waals surface area (Å²) in [6.07, 6.45) is 15.7. The largest absolute Gasteiger partial charge is 0.459 e. The minimum Gasteiger partial charge on any atom is -0.459 e. The maximum Gasteiger partial charge on any atom is 0.326 e. The summed E-state index contributed by atoms with van der Waals surface area (Å²) in [5.41, 5.74) is 6.42. The van der Waals surface area contributed by atoms with Crippen molar-refractivity contribution in [1.29, 1.82) is 0 Å². The number of hydrogen-bond acceptors (Lipinski definition) is 3. The van der Waals surface area contributed by atoms with Gasteiger partial charge < -0.3 is 10.5 Å². The fourth-order valence-corrected chi connectivity index (χ4v) is 2.41. The van der Waals surface area contributed by atoms with E-state index in [2.05, 4.69) is 12.2 Å². The summed E-state index contributed by atoms with van der Waals surface area (Å²) in [5, 5.41) is 0. The van der Waals surface area contributed by atoms with Gasteiger partial charge in [-0.15, -0.1) is 0 Å². The Kier molecular flexibility index (Phi) is 4.37. The number of carbonyl (C=O) groups excluding carboxylic acids is 1. The summed E-state index contributed by atoms with van der Waals surface area (Å²) in [6.45, 7) is 0.329. The molecular weight excluding hydrogens is 226 g/mol. The maximum atomic E-state index is 12.0. The van der Waals surface area contributed by atoms with Crippen LogP contribution < -0.4 is 5.73 Å². The van der Waals surface area contributed by atoms with Crippen molar-refractivity contribution in [3.63, 3.8) is 0 Å². The van der Waals surface area contributed by atoms with Crippen LogP contribution in [0.5, 0.6) is 0 Å². The molecule has 0 heterocycles. The Morgan fingerprint density at radius 2 is 2.06 bits per heavy atom. The molecule has 0 radical (unpaired) electrons. The van der Waals surface area contributed by atoms with Crippen LogP contribution in [-0.2, 0) is 9.53 Å². The quantitative estimate of drug-likeness (QED) is 0.780. The van der Waals surface area contributed by atoms with Crippen LogP contribution in [0.4, 0.5) is 0 Å². The first-order valence-electron chi connectivity index (χ1n) is 6.69. The van der Waals surface area contributed by atoms with Gasteiger partial charge in [-0.2, -0.15) is 0 Å². The van der Waals surface area contributed by atoms with E-state index in [0.717, 1.165) is 37.7 Å². The Balaban J connectivity index is 1.86. The molecule has 0 aromatic heterocycles. The van der Waals surface area contributed by atoms with Crippen LogP contribution in [0, 0.1) is 0 Å². The maximum absolute atomic E-state index is 12.0. The Labute approximate surface area is 108 Å². The first-order valence-corrected chi connectivity index (χ1v) is 6.69. The highest BCUT2D eigenvalue weighted by atomic mass is 16.5. The summed E-state index contributed by atoms with van der Waals surface area (Å²) in [4.78, 5) is 12.0. The highest BCUT2D eigenvalue weighted by Gasteiger charge is 2.36. The van der Waals surface area contributed by atoms with Crippen molar-refractivity contribution < 1.29 is 9.53 Å². The molecule has 0 amide bonds. The van der Waals surface area contributed by atoms with Crippen LogP contribution >= 0.6 is 0 Å². The van der Waals surface area contributed by atoms with Gasteiger partial charge in [0.25, 0.3) is 0 Å². The third-order valence-electron chi connectivity index (χ3n) is 3.60. The van der Waals surface area contributed by atoms with Crippen LogP contribution in [0.2, 0.25) is 0 Å². The number of hydrogen-bond donors (Lipinski definition) is 1. The highest BCUT2D eigenvalue weighted by molar-refractivity contribution is 5.80. The zero-order valence-corrected chi connectivity index (χ0v) is 10.7. The monoisotopic (exact) mass is 247 g/mol. The molecule has 2 aliphatic rings. The molecule has 2 rings (SSSR count). The van der Waals surface area contributed by atoms with E-state index in [1.165, 1.54) is 6.42 Å². The Hall–Kier alpha value is -1.35. The SMILES string of the molecule is NC1(C(=O)OCC2=CCC=CC=C2)CCCCC1. The summed E-state index contributed by atoms with van der Waals surface area (Å²) >= 11 is 0. The second-order valence-corrected chi connectivity index (χ2v) is 5.09. The molecule has 2 N–H and O–H groups in total. The average molecular weight is 247 g/mol. The lowest BCUT2D eigenvalue weighted by Gasteiger charge is -2.30. The number of nitrogens with two attached hydrogens (primary N) is 1. The summed E-state index contributed by atoms with van der Waals surface area (Å²) in [5.74, 6) is -0.242. The fourth-order valence-electron chi connectivity index (χ4n) is 2.41. The van der Waals surface area contributed by atoms with E-state index in [-0.39, 0.29) is 5.97 Å². The van der Waals surface area contributed by atoms with Gasteiger partial charge in [0, 0.05) is 0 Å². The second-order valence-electron chi connectivity index (χ2n) is 5.09. The summed E-state index contributed by atoms with van der Waals surface area (Å²) < 4.78 is 5.37. The minimum absolute atomic E-state index is 0.242. The number of ether oxygens (including phenoxy) is 1. The fraction of sp³-hybridized carbons (Fsp3) is 0.533. The van der Waals surface area contributed by atoms with E-state index in [0.29, 0.717) is 6.61 Å². The number of carbonyl (C=O) groups is 1. The molecule has 1 saturated carbocycles. The van der Waals surface area contributed by atoms with Crippen molar-refractivity contribution >= 4 is 5.97 Å². The van der Waals surface area contributed by atoms with Gasteiger partial charge in [-0.3, -0.25) is 4.79 Å². The number of rotatable bonds is 3. The smallest absolute Gasteiger partial charge is 0.326 e. The van der Waals surface area contributed by atoms with Crippen LogP contribution in [0.25, 0.3) is 0 Å². The summed E-state index contributed by atoms with van der Waals surface area (Å²) in [6, 6.07) is 0. The standard InChI is InChI=1S/C15H21NO2/c16-15(10-6-3-7-11-15)14(17)18-12-13-8-4-1-2-5-9-13/h1-2,4,8-9H,3,5-7,10-12,16H2. The molecule has 0 aliphatic heterocycles. The first-order chi connectivity index (χ1) is 8.71. The first kappa shape index (κ1) is 13.1. The van der Waals surface area contributed by atoms with Crippen molar-refractivity contribution in [2.24, 2.45) is 5.73 Å². The van der Waals surface area contributed by atoms with E-state index in [9.17, 15) is 4.79 Å². The van der Waals surface area contributed by atoms with Gasteiger partial charge in [0.05, 0.1) is 0 Å². The Morgan fingerprint density at radius 3 is 2.83 bits per heavy atom. The number of esters is 1. The molecule has 0 aromatic rings. The van der Waals surface area contributed by atoms with Crippen LogP contribution in [0.15, 0.2) is 36.0 Å². The Morgan fingerprint density at radius 1 is 1.28 bits per heavy atom. The average Bonchev–Trinajstić information content (AvgIpc) is 2.65. The van der Waals surface area contributed by atoms with Gasteiger partial charge in [0.15, 0.2) is 0 Å². The Bertz CT molecular complexity index is 387. The second kappa shape index (κ2) is 6.01. The third kappa shape index (κ3) is 3.33. The van der Waals surface area contributed by atoms with E-state index in [1.807, 2.05) is 18.2 Å². The predicted molar refractivity (Wildman–Crippen MR) is 71.9 cm³/mol. The topological polar surface area (TPSA) is 52.3 Å². The van der Waals surface area contributed by atoms with E-state index in [4.69, 9.17) is 10.5 Å². The zero-order chi connectivity index (χ0) is 12.8. The molecule has 18 heavy (non-hydrogen) atoms. The van der Waals surface area contributed by atoms with Crippen molar-refractivity contribution in [1.82, 2.24) is 0 Å². The number of allylic oxidation sites excluding steroid dienone is 4. The molecule has 3 nitrogen and oxygen atoms in total. The lowest BCUT2D eigenvalue weighted by atomic mass is 9.83. The van der Waals surface area contributed by atoms with Gasteiger partial charge >= 0.3 is 5.97 Å². The molecule has 0 unspecified atom stereocenters. The summed E-state index contributed by atoms with van der Waals surface area (Å²) in [7, 11) is 0. The van der Waals surface area contributed by atoms with Crippen molar-refractivity contribution in [3.05, 3.63) is 36.0 Å². The van der Waals surface area contributed by atoms with Crippen molar-refractivity contribution in [2.45, 2.75) is 44.1 Å². The molecule has 2 aliphatic carbocycles. The van der Waals surface area contributed by atoms with Gasteiger partial charge in [-0.1, -0.05) is 49.6 Å². The van der Waals surface area contributed by atoms with Crippen LogP contribution in [0.1, 0.15) is 38.5 Å². The van der Waals surface area contributed by atoms with Gasteiger partial charge in [0.2, 0.25) is 0 Å². The molecule has 0 atom stereocenters. The molecule has 0 spiro atoms. The van der Waals surface area contributed by atoms with E-state index >= 15 is 0 Å². The molecule has 0 bridgehead atoms. The van der Waals surface area contributed by atoms with Crippen molar-refractivity contribution in [3.8, 4) is 0 Å². The molecule has 3 heteroatoms. The van der Waals surface area contributed by atoms with Crippen LogP contribution in [0.3, 0.4) is 0 Å². The minimum atomic E-state index is -0.745. The van der Waals surface area contributed by atoms with E-state index in [1.54, 1.807) is 0 Å². The molecular formula is C15H21NO2.